The first-order valence-electron chi connectivity index (χ1n) is 9.67. The minimum Gasteiger partial charge on any atom is -0.505 e. The van der Waals surface area contributed by atoms with Crippen molar-refractivity contribution >= 4 is 52.2 Å². The second-order valence-electron chi connectivity index (χ2n) is 7.17. The highest BCUT2D eigenvalue weighted by molar-refractivity contribution is 6.42. The quantitative estimate of drug-likeness (QED) is 0.437. The van der Waals surface area contributed by atoms with Gasteiger partial charge in [0.2, 0.25) is 0 Å². The SMILES string of the molecule is CC1=NN(c2ccc(Cl)c(Cl)c2)C(=O)C1N=Nc1cccc(-c2cccc(C(=O)O)c2)c1O. The number of phenolic OH excluding ortho intramolecular Hbond substituents is 1. The average Bonchev–Trinajstić information content (AvgIpc) is 3.08. The van der Waals surface area contributed by atoms with Crippen molar-refractivity contribution in [1.82, 2.24) is 0 Å². The highest BCUT2D eigenvalue weighted by Gasteiger charge is 2.35. The van der Waals surface area contributed by atoms with Crippen LogP contribution in [0.5, 0.6) is 5.75 Å². The molecule has 8 nitrogen and oxygen atoms in total. The van der Waals surface area contributed by atoms with E-state index in [1.807, 2.05) is 0 Å². The van der Waals surface area contributed by atoms with Crippen molar-refractivity contribution < 1.29 is 19.8 Å². The lowest BCUT2D eigenvalue weighted by molar-refractivity contribution is -0.117. The zero-order valence-corrected chi connectivity index (χ0v) is 18.6. The van der Waals surface area contributed by atoms with E-state index in [2.05, 4.69) is 15.3 Å². The van der Waals surface area contributed by atoms with Crippen LogP contribution < -0.4 is 5.01 Å². The number of hydrogen-bond acceptors (Lipinski definition) is 6. The van der Waals surface area contributed by atoms with Gasteiger partial charge in [0, 0.05) is 5.56 Å². The summed E-state index contributed by atoms with van der Waals surface area (Å²) in [6.07, 6.45) is 0. The monoisotopic (exact) mass is 482 g/mol. The molecule has 0 fully saturated rings. The van der Waals surface area contributed by atoms with Gasteiger partial charge >= 0.3 is 5.97 Å². The molecule has 3 aromatic carbocycles. The Morgan fingerprint density at radius 1 is 1.06 bits per heavy atom. The van der Waals surface area contributed by atoms with Crippen LogP contribution in [0.4, 0.5) is 11.4 Å². The highest BCUT2D eigenvalue weighted by Crippen LogP contribution is 2.38. The molecule has 0 aromatic heterocycles. The fraction of sp³-hybridized carbons (Fsp3) is 0.0870. The molecule has 1 atom stereocenters. The maximum Gasteiger partial charge on any atom is 0.335 e. The molecule has 0 bridgehead atoms. The van der Waals surface area contributed by atoms with Crippen molar-refractivity contribution in [2.24, 2.45) is 15.3 Å². The molecule has 0 aliphatic carbocycles. The fourth-order valence-corrected chi connectivity index (χ4v) is 3.57. The van der Waals surface area contributed by atoms with Crippen LogP contribution in [0.25, 0.3) is 11.1 Å². The Hall–Kier alpha value is -3.75. The van der Waals surface area contributed by atoms with Crippen LogP contribution >= 0.6 is 23.2 Å². The minimum absolute atomic E-state index is 0.0877. The van der Waals surface area contributed by atoms with E-state index in [-0.39, 0.29) is 22.0 Å². The van der Waals surface area contributed by atoms with Gasteiger partial charge in [0.1, 0.15) is 5.69 Å². The highest BCUT2D eigenvalue weighted by atomic mass is 35.5. The number of anilines is 1. The van der Waals surface area contributed by atoms with Crippen molar-refractivity contribution in [2.45, 2.75) is 13.0 Å². The summed E-state index contributed by atoms with van der Waals surface area (Å²) < 4.78 is 0. The molecule has 0 saturated heterocycles. The van der Waals surface area contributed by atoms with Gasteiger partial charge in [-0.3, -0.25) is 4.79 Å². The number of nitrogens with zero attached hydrogens (tertiary/aromatic N) is 4. The smallest absolute Gasteiger partial charge is 0.335 e. The molecule has 4 rings (SSSR count). The molecule has 0 saturated carbocycles. The Kier molecular flexibility index (Phi) is 6.13. The van der Waals surface area contributed by atoms with Gasteiger partial charge in [-0.05, 0) is 48.9 Å². The lowest BCUT2D eigenvalue weighted by atomic mass is 10.0. The van der Waals surface area contributed by atoms with Crippen LogP contribution in [0, 0.1) is 0 Å². The zero-order valence-electron chi connectivity index (χ0n) is 17.1. The number of hydrogen-bond donors (Lipinski definition) is 2. The van der Waals surface area contributed by atoms with Gasteiger partial charge in [0.25, 0.3) is 5.91 Å². The third kappa shape index (κ3) is 4.44. The molecule has 0 spiro atoms. The van der Waals surface area contributed by atoms with Crippen LogP contribution in [0.1, 0.15) is 17.3 Å². The predicted molar refractivity (Wildman–Crippen MR) is 126 cm³/mol. The summed E-state index contributed by atoms with van der Waals surface area (Å²) in [7, 11) is 0. The first-order chi connectivity index (χ1) is 15.8. The standard InChI is InChI=1S/C23H16Cl2N4O4/c1-12-20(22(31)29(28-12)15-8-9-17(24)18(25)11-15)27-26-19-7-3-6-16(21(19)30)13-4-2-5-14(10-13)23(32)33/h2-11,20,30H,1H3,(H,32,33). The summed E-state index contributed by atoms with van der Waals surface area (Å²) in [6, 6.07) is 14.7. The third-order valence-corrected chi connectivity index (χ3v) is 5.70. The van der Waals surface area contributed by atoms with Gasteiger partial charge in [-0.1, -0.05) is 47.5 Å². The number of hydrazone groups is 1. The van der Waals surface area contributed by atoms with Gasteiger partial charge in [-0.2, -0.15) is 20.3 Å². The second-order valence-corrected chi connectivity index (χ2v) is 7.98. The molecule has 1 unspecified atom stereocenters. The number of aromatic carboxylic acids is 1. The summed E-state index contributed by atoms with van der Waals surface area (Å²) in [4.78, 5) is 24.1. The number of amides is 1. The second kappa shape index (κ2) is 9.01. The van der Waals surface area contributed by atoms with E-state index in [9.17, 15) is 19.8 Å². The van der Waals surface area contributed by atoms with Crippen molar-refractivity contribution in [2.75, 3.05) is 5.01 Å². The summed E-state index contributed by atoms with van der Waals surface area (Å²) in [5.41, 5.74) is 1.96. The Bertz CT molecular complexity index is 1340. The van der Waals surface area contributed by atoms with Crippen LogP contribution in [-0.4, -0.2) is 33.8 Å². The molecular formula is C23H16Cl2N4O4. The number of azo groups is 1. The summed E-state index contributed by atoms with van der Waals surface area (Å²) >= 11 is 12.0. The Morgan fingerprint density at radius 2 is 1.82 bits per heavy atom. The normalized spacial score (nSPS) is 15.8. The molecule has 166 valence electrons. The van der Waals surface area contributed by atoms with Gasteiger partial charge in [-0.15, -0.1) is 0 Å². The number of phenols is 1. The van der Waals surface area contributed by atoms with E-state index in [4.69, 9.17) is 23.2 Å². The Labute approximate surface area is 198 Å². The number of benzene rings is 3. The Morgan fingerprint density at radius 3 is 2.55 bits per heavy atom. The largest absolute Gasteiger partial charge is 0.505 e. The minimum atomic E-state index is -1.08. The summed E-state index contributed by atoms with van der Waals surface area (Å²) in [6.45, 7) is 1.65. The average molecular weight is 483 g/mol. The fourth-order valence-electron chi connectivity index (χ4n) is 3.28. The van der Waals surface area contributed by atoms with Crippen molar-refractivity contribution in [1.29, 1.82) is 0 Å². The van der Waals surface area contributed by atoms with E-state index in [1.54, 1.807) is 43.3 Å². The molecule has 1 aliphatic rings. The number of para-hydroxylation sites is 1. The number of halogens is 2. The van der Waals surface area contributed by atoms with E-state index in [0.29, 0.717) is 27.5 Å². The molecule has 1 heterocycles. The van der Waals surface area contributed by atoms with E-state index < -0.39 is 17.9 Å². The number of carbonyl (C=O) groups excluding carboxylic acids is 1. The van der Waals surface area contributed by atoms with Gasteiger partial charge in [0.15, 0.2) is 11.8 Å². The number of carboxylic acids is 1. The van der Waals surface area contributed by atoms with Gasteiger partial charge < -0.3 is 10.2 Å². The first kappa shape index (κ1) is 22.4. The zero-order chi connectivity index (χ0) is 23.7. The Balaban J connectivity index is 1.61. The lowest BCUT2D eigenvalue weighted by Crippen LogP contribution is -2.29. The molecule has 3 aromatic rings. The van der Waals surface area contributed by atoms with E-state index in [1.165, 1.54) is 29.3 Å². The first-order valence-corrected chi connectivity index (χ1v) is 10.4. The van der Waals surface area contributed by atoms with E-state index in [0.717, 1.165) is 0 Å². The molecule has 33 heavy (non-hydrogen) atoms. The van der Waals surface area contributed by atoms with Crippen LogP contribution in [0.15, 0.2) is 76.0 Å². The molecule has 2 N–H and O–H groups in total. The lowest BCUT2D eigenvalue weighted by Gasteiger charge is -2.13. The number of rotatable bonds is 5. The molecule has 1 amide bonds. The van der Waals surface area contributed by atoms with Crippen molar-refractivity contribution in [3.05, 3.63) is 76.3 Å². The van der Waals surface area contributed by atoms with Crippen LogP contribution in [-0.2, 0) is 4.79 Å². The topological polar surface area (TPSA) is 115 Å². The molecule has 10 heteroatoms. The number of aromatic hydroxyl groups is 1. The summed E-state index contributed by atoms with van der Waals surface area (Å²) in [5.74, 6) is -1.70. The predicted octanol–water partition coefficient (Wildman–Crippen LogP) is 5.94. The van der Waals surface area contributed by atoms with Crippen molar-refractivity contribution in [3.8, 4) is 16.9 Å². The maximum atomic E-state index is 12.9. The third-order valence-electron chi connectivity index (χ3n) is 4.96. The van der Waals surface area contributed by atoms with Gasteiger partial charge in [0.05, 0.1) is 27.0 Å². The maximum absolute atomic E-state index is 12.9. The van der Waals surface area contributed by atoms with Crippen LogP contribution in [0.3, 0.4) is 0 Å². The van der Waals surface area contributed by atoms with Crippen LogP contribution in [0.2, 0.25) is 10.0 Å². The van der Waals surface area contributed by atoms with E-state index >= 15 is 0 Å². The van der Waals surface area contributed by atoms with Gasteiger partial charge in [-0.25, -0.2) is 4.79 Å². The number of carbonyl (C=O) groups is 2. The molecular weight excluding hydrogens is 467 g/mol. The molecule has 1 aliphatic heterocycles. The van der Waals surface area contributed by atoms with Crippen molar-refractivity contribution in [3.63, 3.8) is 0 Å². The summed E-state index contributed by atoms with van der Waals surface area (Å²) in [5, 5.41) is 34.2. The molecule has 0 radical (unpaired) electrons. The number of carboxylic acid groups (broad SMARTS) is 1.